The molecule has 1 aromatic heterocycles. The molecule has 1 amide bonds. The fourth-order valence-electron chi connectivity index (χ4n) is 3.76. The molecule has 2 N–H and O–H groups in total. The van der Waals surface area contributed by atoms with Gasteiger partial charge < -0.3 is 5.11 Å². The molecule has 0 spiro atoms. The molecule has 1 fully saturated rings. The van der Waals surface area contributed by atoms with Gasteiger partial charge in [-0.05, 0) is 61.1 Å². The van der Waals surface area contributed by atoms with Crippen LogP contribution in [0, 0.1) is 11.8 Å². The molecule has 1 aliphatic rings. The summed E-state index contributed by atoms with van der Waals surface area (Å²) in [5, 5.41) is 21.4. The van der Waals surface area contributed by atoms with Crippen molar-refractivity contribution in [2.24, 2.45) is 11.8 Å². The number of nitrogens with one attached hydrogen (secondary N) is 1. The normalized spacial score (nSPS) is 19.5. The Balaban J connectivity index is 1.54. The maximum atomic E-state index is 12.5. The lowest BCUT2D eigenvalue weighted by atomic mass is 9.77. The van der Waals surface area contributed by atoms with E-state index in [1.807, 2.05) is 24.3 Å². The van der Waals surface area contributed by atoms with Crippen LogP contribution in [-0.2, 0) is 11.2 Å². The van der Waals surface area contributed by atoms with Crippen molar-refractivity contribution in [3.8, 4) is 0 Å². The van der Waals surface area contributed by atoms with Crippen molar-refractivity contribution >= 4 is 28.3 Å². The van der Waals surface area contributed by atoms with Gasteiger partial charge in [-0.1, -0.05) is 37.3 Å². The summed E-state index contributed by atoms with van der Waals surface area (Å²) >= 11 is 1.42. The van der Waals surface area contributed by atoms with Crippen LogP contribution in [0.4, 0.5) is 5.13 Å². The maximum absolute atomic E-state index is 12.5. The summed E-state index contributed by atoms with van der Waals surface area (Å²) in [6.45, 7) is 4.25. The number of benzene rings is 1. The summed E-state index contributed by atoms with van der Waals surface area (Å²) in [4.78, 5) is 23.3. The molecular formula is C21H27N3O3S. The molecule has 150 valence electrons. The first kappa shape index (κ1) is 20.5. The van der Waals surface area contributed by atoms with E-state index in [4.69, 9.17) is 5.11 Å². The summed E-state index contributed by atoms with van der Waals surface area (Å²) in [5.74, 6) is 0.368. The number of carbonyl (C=O) groups is 2. The molecule has 0 unspecified atom stereocenters. The highest BCUT2D eigenvalue weighted by atomic mass is 32.1. The second-order valence-corrected chi connectivity index (χ2v) is 9.05. The lowest BCUT2D eigenvalue weighted by Crippen LogP contribution is -2.16. The van der Waals surface area contributed by atoms with Gasteiger partial charge in [-0.3, -0.25) is 14.9 Å². The summed E-state index contributed by atoms with van der Waals surface area (Å²) in [7, 11) is 0. The van der Waals surface area contributed by atoms with Crippen molar-refractivity contribution in [2.75, 3.05) is 5.32 Å². The smallest absolute Gasteiger partial charge is 0.303 e. The van der Waals surface area contributed by atoms with Crippen LogP contribution >= 0.6 is 11.3 Å². The highest BCUT2D eigenvalue weighted by molar-refractivity contribution is 7.15. The Morgan fingerprint density at radius 1 is 1.14 bits per heavy atom. The topological polar surface area (TPSA) is 92.2 Å². The monoisotopic (exact) mass is 401 g/mol. The SMILES string of the molecule is CC(C)Cc1nnc(NC(=O)c2ccc(C3CCC(CC(=O)O)CC3)cc2)s1. The minimum absolute atomic E-state index is 0.177. The highest BCUT2D eigenvalue weighted by Crippen LogP contribution is 2.37. The molecule has 7 heteroatoms. The van der Waals surface area contributed by atoms with Crippen molar-refractivity contribution in [3.05, 3.63) is 40.4 Å². The zero-order valence-electron chi connectivity index (χ0n) is 16.4. The van der Waals surface area contributed by atoms with Gasteiger partial charge in [-0.15, -0.1) is 10.2 Å². The molecule has 6 nitrogen and oxygen atoms in total. The number of hydrogen-bond acceptors (Lipinski definition) is 5. The van der Waals surface area contributed by atoms with Gasteiger partial charge in [0.15, 0.2) is 0 Å². The van der Waals surface area contributed by atoms with Crippen LogP contribution in [0.1, 0.15) is 72.8 Å². The van der Waals surface area contributed by atoms with Gasteiger partial charge in [0, 0.05) is 18.4 Å². The molecule has 1 saturated carbocycles. The van der Waals surface area contributed by atoms with E-state index in [0.29, 0.717) is 28.4 Å². The van der Waals surface area contributed by atoms with E-state index in [1.54, 1.807) is 0 Å². The lowest BCUT2D eigenvalue weighted by Gasteiger charge is -2.28. The van der Waals surface area contributed by atoms with Crippen LogP contribution in [0.25, 0.3) is 0 Å². The predicted octanol–water partition coefficient (Wildman–Crippen LogP) is 4.74. The molecule has 28 heavy (non-hydrogen) atoms. The molecule has 2 aromatic rings. The van der Waals surface area contributed by atoms with Crippen molar-refractivity contribution in [1.29, 1.82) is 0 Å². The number of carbonyl (C=O) groups excluding carboxylic acids is 1. The fraction of sp³-hybridized carbons (Fsp3) is 0.524. The van der Waals surface area contributed by atoms with Gasteiger partial charge in [0.2, 0.25) is 5.13 Å². The number of carboxylic acid groups (broad SMARTS) is 1. The number of aliphatic carboxylic acids is 1. The zero-order chi connectivity index (χ0) is 20.1. The van der Waals surface area contributed by atoms with E-state index in [1.165, 1.54) is 16.9 Å². The van der Waals surface area contributed by atoms with Crippen molar-refractivity contribution in [2.45, 2.75) is 58.3 Å². The fourth-order valence-corrected chi connectivity index (χ4v) is 4.71. The summed E-state index contributed by atoms with van der Waals surface area (Å²) < 4.78 is 0. The number of amides is 1. The van der Waals surface area contributed by atoms with E-state index in [-0.39, 0.29) is 12.3 Å². The number of carboxylic acids is 1. The molecule has 0 radical (unpaired) electrons. The van der Waals surface area contributed by atoms with Gasteiger partial charge in [0.25, 0.3) is 5.91 Å². The minimum Gasteiger partial charge on any atom is -0.481 e. The van der Waals surface area contributed by atoms with Crippen molar-refractivity contribution in [1.82, 2.24) is 10.2 Å². The summed E-state index contributed by atoms with van der Waals surface area (Å²) in [6.07, 6.45) is 5.05. The summed E-state index contributed by atoms with van der Waals surface area (Å²) in [5.41, 5.74) is 1.82. The van der Waals surface area contributed by atoms with Crippen LogP contribution in [0.15, 0.2) is 24.3 Å². The summed E-state index contributed by atoms with van der Waals surface area (Å²) in [6, 6.07) is 7.73. The number of nitrogens with zero attached hydrogens (tertiary/aromatic N) is 2. The quantitative estimate of drug-likeness (QED) is 0.699. The average molecular weight is 402 g/mol. The first-order valence-corrected chi connectivity index (χ1v) is 10.7. The largest absolute Gasteiger partial charge is 0.481 e. The van der Waals surface area contributed by atoms with Crippen LogP contribution < -0.4 is 5.32 Å². The van der Waals surface area contributed by atoms with E-state index in [9.17, 15) is 9.59 Å². The molecule has 3 rings (SSSR count). The van der Waals surface area contributed by atoms with Crippen LogP contribution in [0.3, 0.4) is 0 Å². The molecule has 0 atom stereocenters. The van der Waals surface area contributed by atoms with E-state index in [0.717, 1.165) is 37.1 Å². The predicted molar refractivity (Wildman–Crippen MR) is 110 cm³/mol. The molecule has 0 saturated heterocycles. The number of hydrogen-bond donors (Lipinski definition) is 2. The third-order valence-electron chi connectivity index (χ3n) is 5.22. The highest BCUT2D eigenvalue weighted by Gasteiger charge is 2.24. The van der Waals surface area contributed by atoms with Crippen LogP contribution in [0.5, 0.6) is 0 Å². The molecular weight excluding hydrogens is 374 g/mol. The van der Waals surface area contributed by atoms with Crippen LogP contribution in [0.2, 0.25) is 0 Å². The first-order valence-electron chi connectivity index (χ1n) is 9.86. The Morgan fingerprint density at radius 3 is 2.43 bits per heavy atom. The van der Waals surface area contributed by atoms with Gasteiger partial charge in [0.1, 0.15) is 5.01 Å². The van der Waals surface area contributed by atoms with E-state index >= 15 is 0 Å². The lowest BCUT2D eigenvalue weighted by molar-refractivity contribution is -0.138. The minimum atomic E-state index is -0.703. The molecule has 0 bridgehead atoms. The van der Waals surface area contributed by atoms with Crippen molar-refractivity contribution < 1.29 is 14.7 Å². The second-order valence-electron chi connectivity index (χ2n) is 7.99. The van der Waals surface area contributed by atoms with E-state index < -0.39 is 5.97 Å². The average Bonchev–Trinajstić information content (AvgIpc) is 3.08. The van der Waals surface area contributed by atoms with Crippen LogP contribution in [-0.4, -0.2) is 27.2 Å². The number of rotatable bonds is 7. The number of anilines is 1. The zero-order valence-corrected chi connectivity index (χ0v) is 17.2. The Hall–Kier alpha value is -2.28. The van der Waals surface area contributed by atoms with Gasteiger partial charge in [0.05, 0.1) is 0 Å². The molecule has 1 aromatic carbocycles. The first-order chi connectivity index (χ1) is 13.4. The standard InChI is InChI=1S/C21H27N3O3S/c1-13(2)11-18-23-24-21(28-18)22-20(27)17-9-7-16(8-10-17)15-5-3-14(4-6-15)12-19(25)26/h7-10,13-15H,3-6,11-12H2,1-2H3,(H,25,26)(H,22,24,27). The molecule has 1 heterocycles. The molecule has 0 aliphatic heterocycles. The van der Waals surface area contributed by atoms with E-state index in [2.05, 4.69) is 29.4 Å². The van der Waals surface area contributed by atoms with Gasteiger partial charge >= 0.3 is 5.97 Å². The van der Waals surface area contributed by atoms with Gasteiger partial charge in [-0.2, -0.15) is 0 Å². The van der Waals surface area contributed by atoms with Crippen molar-refractivity contribution in [3.63, 3.8) is 0 Å². The Bertz CT molecular complexity index is 809. The Morgan fingerprint density at radius 2 is 1.82 bits per heavy atom. The Labute approximate surface area is 169 Å². The number of aromatic nitrogens is 2. The Kier molecular flexibility index (Phi) is 6.78. The van der Waals surface area contributed by atoms with Gasteiger partial charge in [-0.25, -0.2) is 0 Å². The maximum Gasteiger partial charge on any atom is 0.303 e. The molecule has 1 aliphatic carbocycles. The third-order valence-corrected chi connectivity index (χ3v) is 6.09. The third kappa shape index (κ3) is 5.61. The second kappa shape index (κ2) is 9.28.